The second-order valence-electron chi connectivity index (χ2n) is 9.61. The van der Waals surface area contributed by atoms with E-state index in [1.165, 1.54) is 22.1 Å². The summed E-state index contributed by atoms with van der Waals surface area (Å²) in [6.07, 6.45) is 7.48. The summed E-state index contributed by atoms with van der Waals surface area (Å²) in [5.74, 6) is -0.717. The second-order valence-corrected chi connectivity index (χ2v) is 9.61. The predicted octanol–water partition coefficient (Wildman–Crippen LogP) is 0.919. The van der Waals surface area contributed by atoms with Crippen LogP contribution in [0.15, 0.2) is 6.07 Å². The summed E-state index contributed by atoms with van der Waals surface area (Å²) in [7, 11) is 1.62. The molecule has 3 aliphatic rings. The number of amides is 4. The lowest BCUT2D eigenvalue weighted by Crippen LogP contribution is -2.63. The molecule has 0 spiro atoms. The quantitative estimate of drug-likeness (QED) is 0.590. The Hall–Kier alpha value is -2.91. The minimum atomic E-state index is -1.08. The van der Waals surface area contributed by atoms with E-state index in [0.29, 0.717) is 31.6 Å². The van der Waals surface area contributed by atoms with Gasteiger partial charge in [-0.05, 0) is 32.6 Å². The van der Waals surface area contributed by atoms with Crippen molar-refractivity contribution in [3.63, 3.8) is 0 Å². The van der Waals surface area contributed by atoms with Gasteiger partial charge in [0, 0.05) is 45.2 Å². The first-order chi connectivity index (χ1) is 15.8. The van der Waals surface area contributed by atoms with Crippen molar-refractivity contribution in [3.8, 4) is 0 Å². The number of fused-ring (bicyclic) bond motifs is 1. The summed E-state index contributed by atoms with van der Waals surface area (Å²) >= 11 is 0. The highest BCUT2D eigenvalue weighted by atomic mass is 16.2. The minimum Gasteiger partial charge on any atom is -0.351 e. The average molecular weight is 459 g/mol. The molecule has 4 amide bonds. The van der Waals surface area contributed by atoms with Crippen LogP contribution in [0, 0.1) is 0 Å². The van der Waals surface area contributed by atoms with Gasteiger partial charge in [0.1, 0.15) is 11.2 Å². The molecule has 1 aromatic heterocycles. The Kier molecular flexibility index (Phi) is 6.71. The first-order valence-corrected chi connectivity index (χ1v) is 12.0. The molecule has 0 bridgehead atoms. The zero-order valence-electron chi connectivity index (χ0n) is 19.6. The van der Waals surface area contributed by atoms with E-state index in [-0.39, 0.29) is 41.9 Å². The molecule has 33 heavy (non-hydrogen) atoms. The Bertz CT molecular complexity index is 937. The van der Waals surface area contributed by atoms with Crippen LogP contribution in [-0.2, 0) is 16.1 Å². The normalized spacial score (nSPS) is 23.6. The van der Waals surface area contributed by atoms with Crippen LogP contribution in [0.2, 0.25) is 0 Å². The summed E-state index contributed by atoms with van der Waals surface area (Å²) in [5.41, 5.74) is -0.627. The Labute approximate surface area is 194 Å². The van der Waals surface area contributed by atoms with E-state index >= 15 is 0 Å². The van der Waals surface area contributed by atoms with Crippen molar-refractivity contribution in [1.82, 2.24) is 30.2 Å². The van der Waals surface area contributed by atoms with Gasteiger partial charge in [0.05, 0.1) is 6.54 Å². The fourth-order valence-corrected chi connectivity index (χ4v) is 4.93. The van der Waals surface area contributed by atoms with Crippen LogP contribution in [0.4, 0.5) is 0 Å². The molecule has 10 heteroatoms. The number of rotatable bonds is 7. The lowest BCUT2D eigenvalue weighted by atomic mass is 9.92. The van der Waals surface area contributed by atoms with Gasteiger partial charge < -0.3 is 20.4 Å². The van der Waals surface area contributed by atoms with Crippen LogP contribution in [0.1, 0.15) is 79.3 Å². The van der Waals surface area contributed by atoms with E-state index in [1.54, 1.807) is 14.0 Å². The number of carbonyl (C=O) groups is 4. The molecule has 1 saturated carbocycles. The number of nitrogens with zero attached hydrogens (tertiary/aromatic N) is 4. The molecule has 1 atom stereocenters. The minimum absolute atomic E-state index is 0.141. The van der Waals surface area contributed by atoms with Crippen LogP contribution >= 0.6 is 0 Å². The number of aromatic nitrogens is 2. The van der Waals surface area contributed by atoms with Gasteiger partial charge in [-0.15, -0.1) is 0 Å². The summed E-state index contributed by atoms with van der Waals surface area (Å²) in [6, 6.07) is 1.62. The molecule has 1 aromatic rings. The third-order valence-corrected chi connectivity index (χ3v) is 7.23. The molecule has 0 aromatic carbocycles. The van der Waals surface area contributed by atoms with E-state index in [0.717, 1.165) is 38.6 Å². The monoisotopic (exact) mass is 458 g/mol. The molecular weight excluding hydrogens is 424 g/mol. The van der Waals surface area contributed by atoms with Crippen molar-refractivity contribution in [2.75, 3.05) is 26.7 Å². The summed E-state index contributed by atoms with van der Waals surface area (Å²) in [6.45, 7) is 3.75. The number of likely N-dealkylation sites (N-methyl/N-ethyl adjacent to an activating group) is 1. The maximum Gasteiger partial charge on any atom is 0.272 e. The molecule has 10 nitrogen and oxygen atoms in total. The van der Waals surface area contributed by atoms with Crippen LogP contribution in [0.25, 0.3) is 0 Å². The molecule has 2 aliphatic heterocycles. The molecule has 0 unspecified atom stereocenters. The van der Waals surface area contributed by atoms with E-state index in [1.807, 2.05) is 4.90 Å². The number of nitrogens with one attached hydrogen (secondary N) is 2. The molecule has 1 saturated heterocycles. The molecule has 180 valence electrons. The highest BCUT2D eigenvalue weighted by molar-refractivity contribution is 6.01. The Morgan fingerprint density at radius 2 is 1.94 bits per heavy atom. The molecular formula is C23H34N6O4. The highest BCUT2D eigenvalue weighted by Gasteiger charge is 2.46. The molecule has 2 N–H and O–H groups in total. The van der Waals surface area contributed by atoms with E-state index < -0.39 is 5.54 Å². The van der Waals surface area contributed by atoms with E-state index in [2.05, 4.69) is 15.7 Å². The lowest BCUT2D eigenvalue weighted by molar-refractivity contribution is -0.133. The van der Waals surface area contributed by atoms with Crippen molar-refractivity contribution in [3.05, 3.63) is 17.5 Å². The van der Waals surface area contributed by atoms with Gasteiger partial charge in [-0.2, -0.15) is 5.10 Å². The SMILES string of the molecule is CN1C(=O)c2cc(C(=O)NCCCN3CCCC3=O)nn2C[C@@]1(C)C(=O)NC1CCCCC1. The molecule has 2 fully saturated rings. The highest BCUT2D eigenvalue weighted by Crippen LogP contribution is 2.27. The zero-order chi connectivity index (χ0) is 23.6. The van der Waals surface area contributed by atoms with Crippen molar-refractivity contribution in [2.45, 2.75) is 76.4 Å². The van der Waals surface area contributed by atoms with E-state index in [4.69, 9.17) is 0 Å². The summed E-state index contributed by atoms with van der Waals surface area (Å²) in [4.78, 5) is 53.7. The first kappa shape index (κ1) is 23.3. The largest absolute Gasteiger partial charge is 0.351 e. The Morgan fingerprint density at radius 3 is 2.64 bits per heavy atom. The van der Waals surface area contributed by atoms with Gasteiger partial charge in [-0.25, -0.2) is 0 Å². The van der Waals surface area contributed by atoms with Crippen molar-refractivity contribution in [1.29, 1.82) is 0 Å². The van der Waals surface area contributed by atoms with Crippen LogP contribution in [0.3, 0.4) is 0 Å². The van der Waals surface area contributed by atoms with Crippen LogP contribution in [-0.4, -0.2) is 81.5 Å². The van der Waals surface area contributed by atoms with Gasteiger partial charge >= 0.3 is 0 Å². The van der Waals surface area contributed by atoms with Crippen molar-refractivity contribution >= 4 is 23.6 Å². The van der Waals surface area contributed by atoms with Gasteiger partial charge in [0.15, 0.2) is 5.69 Å². The molecule has 3 heterocycles. The van der Waals surface area contributed by atoms with E-state index in [9.17, 15) is 19.2 Å². The standard InChI is InChI=1S/C23H34N6O4/c1-23(22(33)25-16-8-4-3-5-9-16)15-29-18(21(32)27(23)2)14-17(26-29)20(31)24-11-7-13-28-12-6-10-19(28)30/h14,16H,3-13,15H2,1-2H3,(H,24,31)(H,25,33)/t23-/m0/s1. The molecule has 4 rings (SSSR count). The first-order valence-electron chi connectivity index (χ1n) is 12.0. The number of hydrogen-bond donors (Lipinski definition) is 2. The third kappa shape index (κ3) is 4.74. The predicted molar refractivity (Wildman–Crippen MR) is 121 cm³/mol. The summed E-state index contributed by atoms with van der Waals surface area (Å²) < 4.78 is 1.47. The maximum atomic E-state index is 13.1. The number of carbonyl (C=O) groups excluding carboxylic acids is 4. The third-order valence-electron chi connectivity index (χ3n) is 7.23. The van der Waals surface area contributed by atoms with Crippen LogP contribution < -0.4 is 10.6 Å². The number of hydrogen-bond acceptors (Lipinski definition) is 5. The van der Waals surface area contributed by atoms with Crippen molar-refractivity contribution in [2.24, 2.45) is 0 Å². The maximum absolute atomic E-state index is 13.1. The smallest absolute Gasteiger partial charge is 0.272 e. The van der Waals surface area contributed by atoms with Gasteiger partial charge in [-0.3, -0.25) is 23.9 Å². The fraction of sp³-hybridized carbons (Fsp3) is 0.696. The van der Waals surface area contributed by atoms with Gasteiger partial charge in [0.2, 0.25) is 11.8 Å². The number of likely N-dealkylation sites (tertiary alicyclic amines) is 1. The van der Waals surface area contributed by atoms with Crippen molar-refractivity contribution < 1.29 is 19.2 Å². The van der Waals surface area contributed by atoms with Gasteiger partial charge in [0.25, 0.3) is 11.8 Å². The molecule has 1 aliphatic carbocycles. The Morgan fingerprint density at radius 1 is 1.18 bits per heavy atom. The summed E-state index contributed by atoms with van der Waals surface area (Å²) in [5, 5.41) is 10.3. The average Bonchev–Trinajstić information content (AvgIpc) is 3.41. The fourth-order valence-electron chi connectivity index (χ4n) is 4.93. The molecule has 0 radical (unpaired) electrons. The van der Waals surface area contributed by atoms with Gasteiger partial charge in [-0.1, -0.05) is 19.3 Å². The van der Waals surface area contributed by atoms with Crippen LogP contribution in [0.5, 0.6) is 0 Å². The topological polar surface area (TPSA) is 117 Å². The second kappa shape index (κ2) is 9.52. The lowest BCUT2D eigenvalue weighted by Gasteiger charge is -2.41. The zero-order valence-corrected chi connectivity index (χ0v) is 19.6. The Balaban J connectivity index is 1.37.